The number of rotatable bonds is 7. The average Bonchev–Trinajstić information content (AvgIpc) is 2.40. The monoisotopic (exact) mass is 264 g/mol. The molecule has 0 atom stereocenters. The molecule has 0 spiro atoms. The van der Waals surface area contributed by atoms with Gasteiger partial charge in [0.25, 0.3) is 0 Å². The van der Waals surface area contributed by atoms with E-state index < -0.39 is 6.03 Å². The molecule has 1 rings (SSSR count). The molecular weight excluding hydrogens is 244 g/mol. The van der Waals surface area contributed by atoms with Crippen LogP contribution in [-0.2, 0) is 11.3 Å². The number of nitrogens with one attached hydrogen (secondary N) is 2. The van der Waals surface area contributed by atoms with E-state index in [-0.39, 0.29) is 6.61 Å². The highest BCUT2D eigenvalue weighted by molar-refractivity contribution is 5.90. The second-order valence-electron chi connectivity index (χ2n) is 3.90. The predicted octanol–water partition coefficient (Wildman–Crippen LogP) is 2.89. The quantitative estimate of drug-likeness (QED) is 0.452. The lowest BCUT2D eigenvalue weighted by molar-refractivity contribution is 0.0872. The Bertz CT molecular complexity index is 433. The smallest absolute Gasteiger partial charge is 0.343 e. The minimum Gasteiger partial charge on any atom is -0.494 e. The summed E-state index contributed by atoms with van der Waals surface area (Å²) in [6, 6.07) is 5.20. The van der Waals surface area contributed by atoms with Gasteiger partial charge in [-0.15, -0.1) is 6.58 Å². The van der Waals surface area contributed by atoms with E-state index in [1.165, 1.54) is 0 Å². The van der Waals surface area contributed by atoms with Crippen molar-refractivity contribution in [1.29, 1.82) is 0 Å². The van der Waals surface area contributed by atoms with E-state index >= 15 is 0 Å². The van der Waals surface area contributed by atoms with Gasteiger partial charge in [0.05, 0.1) is 19.4 Å². The molecule has 0 saturated carbocycles. The summed E-state index contributed by atoms with van der Waals surface area (Å²) in [5.74, 6) is 0.684. The molecule has 5 nitrogen and oxygen atoms in total. The van der Waals surface area contributed by atoms with Crippen molar-refractivity contribution in [3.8, 4) is 5.75 Å². The summed E-state index contributed by atoms with van der Waals surface area (Å²) in [4.78, 5) is 16.4. The van der Waals surface area contributed by atoms with Gasteiger partial charge < -0.3 is 10.1 Å². The highest BCUT2D eigenvalue weighted by Gasteiger charge is 2.10. The topological polar surface area (TPSA) is 59.6 Å². The maximum absolute atomic E-state index is 11.6. The first-order valence-corrected chi connectivity index (χ1v) is 6.18. The molecule has 5 heteroatoms. The van der Waals surface area contributed by atoms with Gasteiger partial charge in [-0.3, -0.25) is 4.84 Å². The van der Waals surface area contributed by atoms with Crippen molar-refractivity contribution in [2.75, 3.05) is 19.0 Å². The molecule has 2 N–H and O–H groups in total. The second kappa shape index (κ2) is 8.16. The maximum Gasteiger partial charge on any atom is 0.343 e. The zero-order chi connectivity index (χ0) is 14.1. The van der Waals surface area contributed by atoms with Crippen LogP contribution in [0.3, 0.4) is 0 Å². The average molecular weight is 264 g/mol. The minimum atomic E-state index is -0.450. The Morgan fingerprint density at radius 3 is 2.89 bits per heavy atom. The number of ether oxygens (including phenoxy) is 1. The fourth-order valence-corrected chi connectivity index (χ4v) is 1.70. The van der Waals surface area contributed by atoms with Crippen molar-refractivity contribution < 1.29 is 14.4 Å². The Balaban J connectivity index is 2.74. The Labute approximate surface area is 113 Å². The van der Waals surface area contributed by atoms with Gasteiger partial charge in [-0.25, -0.2) is 10.3 Å². The zero-order valence-corrected chi connectivity index (χ0v) is 11.4. The lowest BCUT2D eigenvalue weighted by Crippen LogP contribution is -2.29. The van der Waals surface area contributed by atoms with E-state index in [1.807, 2.05) is 12.1 Å². The van der Waals surface area contributed by atoms with Gasteiger partial charge in [0.2, 0.25) is 0 Å². The second-order valence-corrected chi connectivity index (χ2v) is 3.90. The fourth-order valence-electron chi connectivity index (χ4n) is 1.70. The predicted molar refractivity (Wildman–Crippen MR) is 75.3 cm³/mol. The highest BCUT2D eigenvalue weighted by Crippen LogP contribution is 2.29. The van der Waals surface area contributed by atoms with E-state index in [9.17, 15) is 4.79 Å². The number of aryl methyl sites for hydroxylation is 1. The van der Waals surface area contributed by atoms with Crippen LogP contribution in [0.15, 0.2) is 30.9 Å². The number of amides is 2. The number of benzene rings is 1. The summed E-state index contributed by atoms with van der Waals surface area (Å²) >= 11 is 0. The normalized spacial score (nSPS) is 9.79. The standard InChI is InChI=1S/C14H20N2O3/c1-4-7-11-8-6-9-12(13(11)18-3)15-14(17)16-19-10-5-2/h5-6,8-9H,2,4,7,10H2,1,3H3,(H2,15,16,17). The van der Waals surface area contributed by atoms with E-state index in [0.29, 0.717) is 11.4 Å². The molecule has 0 aliphatic rings. The number of hydrogen-bond acceptors (Lipinski definition) is 3. The van der Waals surface area contributed by atoms with Crippen molar-refractivity contribution in [2.24, 2.45) is 0 Å². The van der Waals surface area contributed by atoms with Crippen LogP contribution >= 0.6 is 0 Å². The number of urea groups is 1. The zero-order valence-electron chi connectivity index (χ0n) is 11.4. The Morgan fingerprint density at radius 1 is 1.47 bits per heavy atom. The summed E-state index contributed by atoms with van der Waals surface area (Å²) in [5.41, 5.74) is 3.94. The molecule has 0 aliphatic heterocycles. The van der Waals surface area contributed by atoms with Crippen LogP contribution in [0, 0.1) is 0 Å². The van der Waals surface area contributed by atoms with E-state index in [1.54, 1.807) is 19.3 Å². The molecule has 19 heavy (non-hydrogen) atoms. The number of methoxy groups -OCH3 is 1. The minimum absolute atomic E-state index is 0.250. The highest BCUT2D eigenvalue weighted by atomic mass is 16.7. The van der Waals surface area contributed by atoms with E-state index in [0.717, 1.165) is 18.4 Å². The fraction of sp³-hybridized carbons (Fsp3) is 0.357. The van der Waals surface area contributed by atoms with Gasteiger partial charge in [-0.1, -0.05) is 31.6 Å². The first-order valence-electron chi connectivity index (χ1n) is 6.18. The van der Waals surface area contributed by atoms with Crippen molar-refractivity contribution in [3.05, 3.63) is 36.4 Å². The van der Waals surface area contributed by atoms with Crippen molar-refractivity contribution in [2.45, 2.75) is 19.8 Å². The van der Waals surface area contributed by atoms with Crippen LogP contribution in [0.1, 0.15) is 18.9 Å². The van der Waals surface area contributed by atoms with Crippen LogP contribution in [0.4, 0.5) is 10.5 Å². The third-order valence-electron chi connectivity index (χ3n) is 2.43. The van der Waals surface area contributed by atoms with E-state index in [4.69, 9.17) is 9.57 Å². The number of carbonyl (C=O) groups excluding carboxylic acids is 1. The Morgan fingerprint density at radius 2 is 2.26 bits per heavy atom. The van der Waals surface area contributed by atoms with Gasteiger partial charge >= 0.3 is 6.03 Å². The molecule has 0 aliphatic carbocycles. The molecule has 104 valence electrons. The molecule has 1 aromatic rings. The van der Waals surface area contributed by atoms with Crippen LogP contribution < -0.4 is 15.5 Å². The molecule has 0 radical (unpaired) electrons. The lowest BCUT2D eigenvalue weighted by Gasteiger charge is -2.14. The Kier molecular flexibility index (Phi) is 6.46. The first kappa shape index (κ1) is 15.0. The van der Waals surface area contributed by atoms with Gasteiger partial charge in [0.15, 0.2) is 0 Å². The molecule has 0 saturated heterocycles. The molecule has 0 aromatic heterocycles. The molecule has 0 unspecified atom stereocenters. The lowest BCUT2D eigenvalue weighted by atomic mass is 10.1. The van der Waals surface area contributed by atoms with Gasteiger partial charge in [-0.2, -0.15) is 0 Å². The van der Waals surface area contributed by atoms with Crippen molar-refractivity contribution >= 4 is 11.7 Å². The van der Waals surface area contributed by atoms with Crippen LogP contribution in [0.5, 0.6) is 5.75 Å². The molecule has 0 heterocycles. The summed E-state index contributed by atoms with van der Waals surface area (Å²) in [6.45, 7) is 5.83. The van der Waals surface area contributed by atoms with Gasteiger partial charge in [0, 0.05) is 0 Å². The number of para-hydroxylation sites is 1. The van der Waals surface area contributed by atoms with Crippen molar-refractivity contribution in [3.63, 3.8) is 0 Å². The van der Waals surface area contributed by atoms with Crippen LogP contribution in [0.25, 0.3) is 0 Å². The van der Waals surface area contributed by atoms with Crippen LogP contribution in [-0.4, -0.2) is 19.7 Å². The summed E-state index contributed by atoms with van der Waals surface area (Å²) in [7, 11) is 1.59. The first-order chi connectivity index (χ1) is 9.22. The number of hydrogen-bond donors (Lipinski definition) is 2. The van der Waals surface area contributed by atoms with Crippen molar-refractivity contribution in [1.82, 2.24) is 5.48 Å². The summed E-state index contributed by atoms with van der Waals surface area (Å²) in [5, 5.41) is 2.68. The van der Waals surface area contributed by atoms with Crippen LogP contribution in [0.2, 0.25) is 0 Å². The van der Waals surface area contributed by atoms with E-state index in [2.05, 4.69) is 24.3 Å². The SMILES string of the molecule is C=CCONC(=O)Nc1cccc(CCC)c1OC. The maximum atomic E-state index is 11.6. The third kappa shape index (κ3) is 4.63. The largest absolute Gasteiger partial charge is 0.494 e. The molecule has 1 aromatic carbocycles. The molecule has 2 amide bonds. The third-order valence-corrected chi connectivity index (χ3v) is 2.43. The number of anilines is 1. The molecule has 0 bridgehead atoms. The summed E-state index contributed by atoms with van der Waals surface area (Å²) < 4.78 is 5.36. The number of carbonyl (C=O) groups is 1. The van der Waals surface area contributed by atoms with Gasteiger partial charge in [0.1, 0.15) is 5.75 Å². The summed E-state index contributed by atoms with van der Waals surface area (Å²) in [6.07, 6.45) is 3.45. The number of hydroxylamine groups is 1. The molecule has 0 fully saturated rings. The molecular formula is C14H20N2O3. The Hall–Kier alpha value is -2.01. The van der Waals surface area contributed by atoms with Gasteiger partial charge in [-0.05, 0) is 18.1 Å².